The van der Waals surface area contributed by atoms with Crippen molar-refractivity contribution < 1.29 is 38.7 Å². The fourth-order valence-electron chi connectivity index (χ4n) is 7.14. The summed E-state index contributed by atoms with van der Waals surface area (Å²) < 4.78 is 16.5. The molecule has 1 N–H and O–H groups in total. The lowest BCUT2D eigenvalue weighted by molar-refractivity contribution is -0.198. The molecule has 0 fully saturated rings. The van der Waals surface area contributed by atoms with Gasteiger partial charge in [-0.15, -0.1) is 0 Å². The Balaban J connectivity index is 4.85. The number of hydrogen-bond acceptors (Lipinski definition) is 8. The molecule has 0 bridgehead atoms. The first-order chi connectivity index (χ1) is 34.0. The highest BCUT2D eigenvalue weighted by Gasteiger charge is 2.19. The number of ether oxygens (including phenoxy) is 3. The fourth-order valence-corrected chi connectivity index (χ4v) is 7.14. The predicted octanol–water partition coefficient (Wildman–Crippen LogP) is 17.9. The summed E-state index contributed by atoms with van der Waals surface area (Å²) in [5.41, 5.74) is 0. The van der Waals surface area contributed by atoms with Gasteiger partial charge in [0.25, 0.3) is 0 Å². The molecule has 0 rings (SSSR count). The molecule has 8 nitrogen and oxygen atoms in total. The van der Waals surface area contributed by atoms with E-state index in [-0.39, 0.29) is 37.8 Å². The summed E-state index contributed by atoms with van der Waals surface area (Å²) in [6, 6.07) is 0. The number of carbonyl (C=O) groups is 3. The van der Waals surface area contributed by atoms with Crippen LogP contribution in [0.4, 0.5) is 0 Å². The minimum atomic E-state index is -0.933. The molecule has 0 aliphatic heterocycles. The maximum atomic E-state index is 12.8. The van der Waals surface area contributed by atoms with E-state index in [0.717, 1.165) is 89.9 Å². The maximum Gasteiger partial charge on any atom is 0.330 e. The van der Waals surface area contributed by atoms with Gasteiger partial charge in [0.1, 0.15) is 13.2 Å². The molecule has 0 aromatic rings. The summed E-state index contributed by atoms with van der Waals surface area (Å²) in [7, 11) is 0. The van der Waals surface area contributed by atoms with Gasteiger partial charge < -0.3 is 19.1 Å². The zero-order chi connectivity index (χ0) is 50.2. The highest BCUT2D eigenvalue weighted by molar-refractivity contribution is 5.82. The second-order valence-corrected chi connectivity index (χ2v) is 17.9. The van der Waals surface area contributed by atoms with Gasteiger partial charge in [0.2, 0.25) is 0 Å². The van der Waals surface area contributed by atoms with Crippen molar-refractivity contribution in [3.05, 3.63) is 121 Å². The van der Waals surface area contributed by atoms with Crippen LogP contribution < -0.4 is 0 Å². The molecule has 0 saturated heterocycles. The number of hydrogen-bond donors (Lipinski definition) is 1. The van der Waals surface area contributed by atoms with E-state index in [0.29, 0.717) is 6.42 Å². The average molecular weight is 959 g/mol. The summed E-state index contributed by atoms with van der Waals surface area (Å²) in [4.78, 5) is 42.5. The molecule has 0 aliphatic carbocycles. The van der Waals surface area contributed by atoms with Gasteiger partial charge in [-0.25, -0.2) is 10.1 Å². The van der Waals surface area contributed by atoms with Crippen molar-refractivity contribution in [2.24, 2.45) is 0 Å². The van der Waals surface area contributed by atoms with Gasteiger partial charge >= 0.3 is 17.9 Å². The SMILES string of the molecule is CCCCC/C=C\C/C=C\CCCCCCCC(=O)OCC(COC(=O)C=CC=C(C=CC=CC=CC=CCCCCCCCCC)OO)OC(=O)CCCCCCC/C=C\C/C=C\CCCCC. The van der Waals surface area contributed by atoms with Gasteiger partial charge in [0, 0.05) is 18.9 Å². The number of carbonyl (C=O) groups excluding carboxylic acids is 3. The second-order valence-electron chi connectivity index (χ2n) is 17.9. The van der Waals surface area contributed by atoms with E-state index in [1.165, 1.54) is 115 Å². The van der Waals surface area contributed by atoms with Gasteiger partial charge in [-0.1, -0.05) is 221 Å². The number of rotatable bonds is 48. The second kappa shape index (κ2) is 54.5. The van der Waals surface area contributed by atoms with Crippen LogP contribution in [0.15, 0.2) is 121 Å². The van der Waals surface area contributed by atoms with E-state index in [1.54, 1.807) is 18.2 Å². The molecule has 0 saturated carbocycles. The van der Waals surface area contributed by atoms with Crippen molar-refractivity contribution in [2.45, 2.75) is 232 Å². The topological polar surface area (TPSA) is 108 Å². The Morgan fingerprint density at radius 2 is 0.812 bits per heavy atom. The molecular weight excluding hydrogens is 861 g/mol. The minimum absolute atomic E-state index is 0.110. The smallest absolute Gasteiger partial charge is 0.330 e. The van der Waals surface area contributed by atoms with Gasteiger partial charge in [0.15, 0.2) is 11.9 Å². The Hall–Kier alpha value is -4.43. The van der Waals surface area contributed by atoms with E-state index >= 15 is 0 Å². The van der Waals surface area contributed by atoms with Crippen molar-refractivity contribution in [1.29, 1.82) is 0 Å². The normalized spacial score (nSPS) is 13.1. The van der Waals surface area contributed by atoms with Gasteiger partial charge in [-0.05, 0) is 102 Å². The molecule has 8 heteroatoms. The number of esters is 3. The predicted molar refractivity (Wildman–Crippen MR) is 291 cm³/mol. The van der Waals surface area contributed by atoms with E-state index < -0.39 is 18.0 Å². The van der Waals surface area contributed by atoms with Gasteiger partial charge in [-0.3, -0.25) is 9.59 Å². The quantitative estimate of drug-likeness (QED) is 0.00739. The molecule has 0 aromatic heterocycles. The standard InChI is InChI=1S/C61H98O8/c1-4-7-10-13-16-19-22-25-28-31-34-37-40-43-46-50-57(69-65)51-49-54-60(63)67-56-58(68-61(64)53-48-45-42-39-36-33-30-27-24-21-18-15-12-9-6-3)55-66-59(62)52-47-44-41-38-35-32-29-26-23-20-17-14-11-8-5-2/h17-18,20-21,26-31,34,37,40,43,46,49-51,54,58,65H,4-16,19,22-25,32-33,35-36,38-39,41-42,44-45,47-48,52-53,55-56H2,1-3H3/b20-17-,21-18-,29-26-,30-27-,31-28?,37-34?,43-40?,50-46?,54-49?,57-51?. The first kappa shape index (κ1) is 64.6. The van der Waals surface area contributed by atoms with E-state index in [1.807, 2.05) is 18.2 Å². The van der Waals surface area contributed by atoms with Crippen LogP contribution in [0.2, 0.25) is 0 Å². The third kappa shape index (κ3) is 51.3. The van der Waals surface area contributed by atoms with Gasteiger partial charge in [0.05, 0.1) is 0 Å². The summed E-state index contributed by atoms with van der Waals surface area (Å²) in [5.74, 6) is -1.36. The number of unbranched alkanes of at least 4 members (excludes halogenated alkanes) is 23. The van der Waals surface area contributed by atoms with Crippen LogP contribution in [0, 0.1) is 0 Å². The van der Waals surface area contributed by atoms with Crippen LogP contribution in [-0.2, 0) is 33.5 Å². The van der Waals surface area contributed by atoms with Crippen molar-refractivity contribution in [1.82, 2.24) is 0 Å². The zero-order valence-corrected chi connectivity index (χ0v) is 43.9. The lowest BCUT2D eigenvalue weighted by atomic mass is 10.1. The van der Waals surface area contributed by atoms with E-state index in [9.17, 15) is 19.6 Å². The highest BCUT2D eigenvalue weighted by atomic mass is 17.1. The fraction of sp³-hybridized carbons (Fsp3) is 0.623. The summed E-state index contributed by atoms with van der Waals surface area (Å²) >= 11 is 0. The molecule has 0 aromatic carbocycles. The monoisotopic (exact) mass is 959 g/mol. The Morgan fingerprint density at radius 1 is 0.406 bits per heavy atom. The third-order valence-electron chi connectivity index (χ3n) is 11.3. The molecule has 0 amide bonds. The summed E-state index contributed by atoms with van der Waals surface area (Å²) in [6.45, 7) is 6.23. The molecule has 69 heavy (non-hydrogen) atoms. The highest BCUT2D eigenvalue weighted by Crippen LogP contribution is 2.13. The molecular formula is C61H98O8. The summed E-state index contributed by atoms with van der Waals surface area (Å²) in [5, 5.41) is 9.30. The average Bonchev–Trinajstić information content (AvgIpc) is 3.35. The largest absolute Gasteiger partial charge is 0.462 e. The Morgan fingerprint density at radius 3 is 1.33 bits per heavy atom. The van der Waals surface area contributed by atoms with Crippen LogP contribution >= 0.6 is 0 Å². The third-order valence-corrected chi connectivity index (χ3v) is 11.3. The number of allylic oxidation sites excluding steroid dienone is 18. The molecule has 0 heterocycles. The lowest BCUT2D eigenvalue weighted by Gasteiger charge is -2.18. The molecule has 0 aliphatic rings. The molecule has 1 atom stereocenters. The molecule has 0 radical (unpaired) electrons. The first-order valence-electron chi connectivity index (χ1n) is 27.4. The molecule has 390 valence electrons. The zero-order valence-electron chi connectivity index (χ0n) is 43.9. The van der Waals surface area contributed by atoms with Crippen LogP contribution in [0.1, 0.15) is 226 Å². The molecule has 1 unspecified atom stereocenters. The minimum Gasteiger partial charge on any atom is -0.462 e. The molecule has 0 spiro atoms. The Kier molecular flexibility index (Phi) is 51.0. The van der Waals surface area contributed by atoms with Crippen molar-refractivity contribution in [2.75, 3.05) is 13.2 Å². The van der Waals surface area contributed by atoms with E-state index in [4.69, 9.17) is 14.2 Å². The van der Waals surface area contributed by atoms with Crippen molar-refractivity contribution in [3.8, 4) is 0 Å². The van der Waals surface area contributed by atoms with Crippen LogP contribution in [0.5, 0.6) is 0 Å². The first-order valence-corrected chi connectivity index (χ1v) is 27.4. The lowest BCUT2D eigenvalue weighted by Crippen LogP contribution is -2.30. The van der Waals surface area contributed by atoms with Gasteiger partial charge in [-0.2, -0.15) is 0 Å². The summed E-state index contributed by atoms with van der Waals surface area (Å²) in [6.07, 6.45) is 70.8. The van der Waals surface area contributed by atoms with Crippen LogP contribution in [0.3, 0.4) is 0 Å². The van der Waals surface area contributed by atoms with Crippen LogP contribution in [-0.4, -0.2) is 42.5 Å². The van der Waals surface area contributed by atoms with Crippen molar-refractivity contribution >= 4 is 17.9 Å². The van der Waals surface area contributed by atoms with Crippen LogP contribution in [0.25, 0.3) is 0 Å². The van der Waals surface area contributed by atoms with Crippen molar-refractivity contribution in [3.63, 3.8) is 0 Å². The Bertz CT molecular complexity index is 1510. The Labute approximate surface area is 421 Å². The van der Waals surface area contributed by atoms with E-state index in [2.05, 4.69) is 86.4 Å². The maximum absolute atomic E-state index is 12.8.